The number of hydrogen-bond donors (Lipinski definition) is 2. The summed E-state index contributed by atoms with van der Waals surface area (Å²) in [6.45, 7) is 0.486. The zero-order valence-electron chi connectivity index (χ0n) is 15.4. The van der Waals surface area contributed by atoms with Gasteiger partial charge in [0.1, 0.15) is 5.75 Å². The highest BCUT2D eigenvalue weighted by atomic mass is 79.9. The average molecular weight is 441 g/mol. The number of nitrogen functional groups attached to an aromatic ring is 1. The Balaban J connectivity index is 1.78. The van der Waals surface area contributed by atoms with Gasteiger partial charge in [-0.2, -0.15) is 0 Å². The lowest BCUT2D eigenvalue weighted by Gasteiger charge is -2.23. The first-order valence-corrected chi connectivity index (χ1v) is 9.54. The molecule has 0 aliphatic rings. The normalized spacial score (nSPS) is 10.4. The van der Waals surface area contributed by atoms with Crippen LogP contribution in [0, 0.1) is 0 Å². The van der Waals surface area contributed by atoms with Crippen molar-refractivity contribution >= 4 is 39.2 Å². The van der Waals surface area contributed by atoms with Gasteiger partial charge >= 0.3 is 6.03 Å². The van der Waals surface area contributed by atoms with Gasteiger partial charge in [0.2, 0.25) is 0 Å². The highest BCUT2D eigenvalue weighted by molar-refractivity contribution is 9.10. The van der Waals surface area contributed by atoms with E-state index in [1.165, 1.54) is 4.90 Å². The van der Waals surface area contributed by atoms with Crippen molar-refractivity contribution in [3.8, 4) is 5.75 Å². The van der Waals surface area contributed by atoms with Crippen LogP contribution in [0.3, 0.4) is 0 Å². The van der Waals surface area contributed by atoms with Crippen LogP contribution in [0.2, 0.25) is 0 Å². The van der Waals surface area contributed by atoms with Gasteiger partial charge in [0.15, 0.2) is 5.82 Å². The van der Waals surface area contributed by atoms with Crippen molar-refractivity contribution in [2.75, 3.05) is 24.3 Å². The summed E-state index contributed by atoms with van der Waals surface area (Å²) in [5.41, 5.74) is 8.27. The van der Waals surface area contributed by atoms with Crippen molar-refractivity contribution < 1.29 is 9.53 Å². The third-order valence-corrected chi connectivity index (χ3v) is 4.69. The van der Waals surface area contributed by atoms with E-state index in [-0.39, 0.29) is 6.03 Å². The van der Waals surface area contributed by atoms with E-state index in [9.17, 15) is 4.79 Å². The summed E-state index contributed by atoms with van der Waals surface area (Å²) in [5, 5.41) is 2.95. The maximum atomic E-state index is 13.0. The number of aromatic nitrogens is 1. The minimum atomic E-state index is -0.298. The number of nitrogens with one attached hydrogen (secondary N) is 1. The number of methoxy groups -OCH3 is 1. The van der Waals surface area contributed by atoms with Crippen LogP contribution in [-0.2, 0) is 6.42 Å². The largest absolute Gasteiger partial charge is 0.497 e. The number of nitrogens with zero attached hydrogens (tertiary/aromatic N) is 2. The van der Waals surface area contributed by atoms with Crippen molar-refractivity contribution in [1.82, 2.24) is 10.3 Å². The number of urea groups is 1. The Labute approximate surface area is 172 Å². The van der Waals surface area contributed by atoms with Crippen LogP contribution in [0.1, 0.15) is 5.56 Å². The Kier molecular flexibility index (Phi) is 6.49. The summed E-state index contributed by atoms with van der Waals surface area (Å²) in [6, 6.07) is 18.3. The van der Waals surface area contributed by atoms with E-state index in [4.69, 9.17) is 10.5 Å². The lowest BCUT2D eigenvalue weighted by atomic mass is 10.1. The van der Waals surface area contributed by atoms with Crippen LogP contribution in [0.15, 0.2) is 71.3 Å². The summed E-state index contributed by atoms with van der Waals surface area (Å²) < 4.78 is 6.22. The molecule has 3 aromatic rings. The molecule has 0 atom stereocenters. The zero-order valence-corrected chi connectivity index (χ0v) is 17.0. The fourth-order valence-corrected chi connectivity index (χ4v) is 2.97. The number of carbonyl (C=O) groups excluding carboxylic acids is 1. The predicted molar refractivity (Wildman–Crippen MR) is 115 cm³/mol. The quantitative estimate of drug-likeness (QED) is 0.589. The second-order valence-corrected chi connectivity index (χ2v) is 6.97. The van der Waals surface area contributed by atoms with Crippen molar-refractivity contribution in [1.29, 1.82) is 0 Å². The minimum Gasteiger partial charge on any atom is -0.497 e. The lowest BCUT2D eigenvalue weighted by molar-refractivity contribution is 0.248. The molecule has 2 aromatic carbocycles. The molecule has 7 heteroatoms. The maximum absolute atomic E-state index is 13.0. The van der Waals surface area contributed by atoms with Crippen LogP contribution in [0.25, 0.3) is 0 Å². The van der Waals surface area contributed by atoms with Crippen LogP contribution in [-0.4, -0.2) is 24.7 Å². The molecular formula is C21H21BrN4O2. The number of rotatable bonds is 6. The SMILES string of the molecule is COc1ccc(N(C(=O)NCCc2ccc(Br)cc2)c2ncccc2N)cc1. The number of benzene rings is 2. The number of nitrogens with two attached hydrogens (primary N) is 1. The molecule has 1 aromatic heterocycles. The molecule has 0 aliphatic heterocycles. The van der Waals surface area contributed by atoms with E-state index in [0.717, 1.165) is 10.0 Å². The first kappa shape index (κ1) is 19.7. The molecule has 0 radical (unpaired) electrons. The Hall–Kier alpha value is -3.06. The molecule has 0 saturated heterocycles. The standard InChI is InChI=1S/C21H21BrN4O2/c1-28-18-10-8-17(9-11-18)26(20-19(23)3-2-13-24-20)21(27)25-14-12-15-4-6-16(22)7-5-15/h2-11,13H,12,14,23H2,1H3,(H,25,27). The lowest BCUT2D eigenvalue weighted by Crippen LogP contribution is -2.38. The van der Waals surface area contributed by atoms with Crippen LogP contribution < -0.4 is 20.7 Å². The molecular weight excluding hydrogens is 420 g/mol. The van der Waals surface area contributed by atoms with E-state index in [0.29, 0.717) is 35.9 Å². The van der Waals surface area contributed by atoms with Gasteiger partial charge in [-0.1, -0.05) is 28.1 Å². The minimum absolute atomic E-state index is 0.298. The number of amides is 2. The van der Waals surface area contributed by atoms with Gasteiger partial charge in [-0.05, 0) is 60.5 Å². The fourth-order valence-electron chi connectivity index (χ4n) is 2.71. The summed E-state index contributed by atoms with van der Waals surface area (Å²) in [7, 11) is 1.60. The van der Waals surface area contributed by atoms with Gasteiger partial charge in [-0.3, -0.25) is 0 Å². The summed E-state index contributed by atoms with van der Waals surface area (Å²) in [6.07, 6.45) is 2.32. The van der Waals surface area contributed by atoms with E-state index in [2.05, 4.69) is 26.2 Å². The summed E-state index contributed by atoms with van der Waals surface area (Å²) >= 11 is 3.42. The summed E-state index contributed by atoms with van der Waals surface area (Å²) in [5.74, 6) is 1.09. The molecule has 3 rings (SSSR count). The Bertz CT molecular complexity index is 930. The Morgan fingerprint density at radius 1 is 1.14 bits per heavy atom. The van der Waals surface area contributed by atoms with Crippen molar-refractivity contribution in [3.05, 3.63) is 76.9 Å². The maximum Gasteiger partial charge on any atom is 0.327 e. The molecule has 144 valence electrons. The number of pyridine rings is 1. The monoisotopic (exact) mass is 440 g/mol. The van der Waals surface area contributed by atoms with E-state index in [1.807, 2.05) is 24.3 Å². The van der Waals surface area contributed by atoms with Crippen LogP contribution in [0.5, 0.6) is 5.75 Å². The second-order valence-electron chi connectivity index (χ2n) is 6.06. The number of halogens is 1. The van der Waals surface area contributed by atoms with E-state index in [1.54, 1.807) is 49.7 Å². The van der Waals surface area contributed by atoms with E-state index >= 15 is 0 Å². The molecule has 3 N–H and O–H groups in total. The van der Waals surface area contributed by atoms with Gasteiger partial charge in [-0.25, -0.2) is 14.7 Å². The van der Waals surface area contributed by atoms with Gasteiger partial charge in [0.05, 0.1) is 18.5 Å². The molecule has 0 spiro atoms. The molecule has 0 unspecified atom stereocenters. The highest BCUT2D eigenvalue weighted by Crippen LogP contribution is 2.29. The topological polar surface area (TPSA) is 80.5 Å². The molecule has 0 bridgehead atoms. The number of anilines is 3. The number of ether oxygens (including phenoxy) is 1. The first-order valence-electron chi connectivity index (χ1n) is 8.75. The smallest absolute Gasteiger partial charge is 0.327 e. The predicted octanol–water partition coefficient (Wildman–Crippen LogP) is 4.53. The van der Waals surface area contributed by atoms with Crippen molar-refractivity contribution in [2.45, 2.75) is 6.42 Å². The third-order valence-electron chi connectivity index (χ3n) is 4.17. The molecule has 28 heavy (non-hydrogen) atoms. The fraction of sp³-hybridized carbons (Fsp3) is 0.143. The second kappa shape index (κ2) is 9.23. The van der Waals surface area contributed by atoms with Gasteiger partial charge in [0, 0.05) is 17.2 Å². The van der Waals surface area contributed by atoms with Crippen LogP contribution in [0.4, 0.5) is 22.0 Å². The average Bonchev–Trinajstić information content (AvgIpc) is 2.72. The number of carbonyl (C=O) groups is 1. The van der Waals surface area contributed by atoms with Gasteiger partial charge < -0.3 is 15.8 Å². The van der Waals surface area contributed by atoms with Crippen molar-refractivity contribution in [2.24, 2.45) is 0 Å². The van der Waals surface area contributed by atoms with Crippen LogP contribution >= 0.6 is 15.9 Å². The molecule has 0 saturated carbocycles. The highest BCUT2D eigenvalue weighted by Gasteiger charge is 2.21. The molecule has 2 amide bonds. The zero-order chi connectivity index (χ0) is 19.9. The first-order chi connectivity index (χ1) is 13.6. The molecule has 0 fully saturated rings. The van der Waals surface area contributed by atoms with Gasteiger partial charge in [-0.15, -0.1) is 0 Å². The molecule has 6 nitrogen and oxygen atoms in total. The summed E-state index contributed by atoms with van der Waals surface area (Å²) in [4.78, 5) is 18.7. The number of hydrogen-bond acceptors (Lipinski definition) is 4. The van der Waals surface area contributed by atoms with Crippen molar-refractivity contribution in [3.63, 3.8) is 0 Å². The Morgan fingerprint density at radius 2 is 1.86 bits per heavy atom. The van der Waals surface area contributed by atoms with Gasteiger partial charge in [0.25, 0.3) is 0 Å². The molecule has 1 heterocycles. The third kappa shape index (κ3) is 4.80. The Morgan fingerprint density at radius 3 is 2.50 bits per heavy atom. The van der Waals surface area contributed by atoms with E-state index < -0.39 is 0 Å². The molecule has 0 aliphatic carbocycles.